The van der Waals surface area contributed by atoms with Crippen LogP contribution in [0.15, 0.2) is 48.7 Å². The second kappa shape index (κ2) is 7.28. The van der Waals surface area contributed by atoms with E-state index in [0.717, 1.165) is 18.7 Å². The van der Waals surface area contributed by atoms with E-state index < -0.39 is 0 Å². The maximum atomic E-state index is 12.0. The molecule has 0 spiro atoms. The standard InChI is InChI=1S/C16H19N3O/c1-2-17-14-9-11-18-15(12-14)16(20)19-10-8-13-6-4-3-5-7-13/h3-7,9,11-12H,2,8,10H2,1H3,(H,17,18)(H,19,20). The SMILES string of the molecule is CCNc1ccnc(C(=O)NCCc2ccccc2)c1. The van der Waals surface area contributed by atoms with Gasteiger partial charge in [-0.05, 0) is 31.0 Å². The Kier molecular flexibility index (Phi) is 5.12. The summed E-state index contributed by atoms with van der Waals surface area (Å²) in [7, 11) is 0. The van der Waals surface area contributed by atoms with Crippen LogP contribution < -0.4 is 10.6 Å². The van der Waals surface area contributed by atoms with E-state index in [1.54, 1.807) is 12.3 Å². The summed E-state index contributed by atoms with van der Waals surface area (Å²) in [5.41, 5.74) is 2.56. The molecule has 0 unspecified atom stereocenters. The van der Waals surface area contributed by atoms with Crippen molar-refractivity contribution in [2.75, 3.05) is 18.4 Å². The Bertz CT molecular complexity index is 555. The van der Waals surface area contributed by atoms with E-state index >= 15 is 0 Å². The van der Waals surface area contributed by atoms with Crippen molar-refractivity contribution in [3.05, 3.63) is 59.9 Å². The Balaban J connectivity index is 1.87. The van der Waals surface area contributed by atoms with Crippen LogP contribution in [-0.2, 0) is 6.42 Å². The number of rotatable bonds is 6. The number of hydrogen-bond acceptors (Lipinski definition) is 3. The van der Waals surface area contributed by atoms with Crippen molar-refractivity contribution in [3.8, 4) is 0 Å². The summed E-state index contributed by atoms with van der Waals surface area (Å²) in [6.45, 7) is 3.44. The topological polar surface area (TPSA) is 54.0 Å². The maximum Gasteiger partial charge on any atom is 0.269 e. The molecule has 0 radical (unpaired) electrons. The monoisotopic (exact) mass is 269 g/mol. The van der Waals surface area contributed by atoms with Crippen LogP contribution in [0.25, 0.3) is 0 Å². The fraction of sp³-hybridized carbons (Fsp3) is 0.250. The first kappa shape index (κ1) is 14.1. The first-order valence-corrected chi connectivity index (χ1v) is 6.81. The molecule has 1 aromatic carbocycles. The van der Waals surface area contributed by atoms with Crippen molar-refractivity contribution in [1.82, 2.24) is 10.3 Å². The van der Waals surface area contributed by atoms with Gasteiger partial charge < -0.3 is 10.6 Å². The molecule has 0 aliphatic rings. The summed E-state index contributed by atoms with van der Waals surface area (Å²) in [5, 5.41) is 6.05. The highest BCUT2D eigenvalue weighted by molar-refractivity contribution is 5.93. The molecule has 0 aliphatic heterocycles. The Hall–Kier alpha value is -2.36. The molecule has 2 aromatic rings. The fourth-order valence-electron chi connectivity index (χ4n) is 1.92. The molecule has 0 fully saturated rings. The van der Waals surface area contributed by atoms with Gasteiger partial charge >= 0.3 is 0 Å². The predicted octanol–water partition coefficient (Wildman–Crippen LogP) is 2.49. The van der Waals surface area contributed by atoms with Gasteiger partial charge in [0.05, 0.1) is 0 Å². The van der Waals surface area contributed by atoms with Crippen molar-refractivity contribution >= 4 is 11.6 Å². The van der Waals surface area contributed by atoms with E-state index in [1.165, 1.54) is 5.56 Å². The van der Waals surface area contributed by atoms with E-state index in [2.05, 4.69) is 27.8 Å². The van der Waals surface area contributed by atoms with Crippen LogP contribution in [0.5, 0.6) is 0 Å². The lowest BCUT2D eigenvalue weighted by Gasteiger charge is -2.07. The average Bonchev–Trinajstić information content (AvgIpc) is 2.49. The molecule has 4 heteroatoms. The fourth-order valence-corrected chi connectivity index (χ4v) is 1.92. The van der Waals surface area contributed by atoms with Crippen molar-refractivity contribution in [3.63, 3.8) is 0 Å². The lowest BCUT2D eigenvalue weighted by atomic mass is 10.1. The second-order valence-electron chi connectivity index (χ2n) is 4.45. The van der Waals surface area contributed by atoms with Gasteiger partial charge in [0.1, 0.15) is 5.69 Å². The van der Waals surface area contributed by atoms with Gasteiger partial charge in [-0.1, -0.05) is 30.3 Å². The van der Waals surface area contributed by atoms with Crippen LogP contribution in [0.4, 0.5) is 5.69 Å². The van der Waals surface area contributed by atoms with Gasteiger partial charge in [-0.25, -0.2) is 0 Å². The van der Waals surface area contributed by atoms with Gasteiger partial charge in [0.25, 0.3) is 5.91 Å². The molecule has 0 atom stereocenters. The molecule has 20 heavy (non-hydrogen) atoms. The van der Waals surface area contributed by atoms with E-state index in [0.29, 0.717) is 12.2 Å². The zero-order chi connectivity index (χ0) is 14.2. The van der Waals surface area contributed by atoms with Gasteiger partial charge in [-0.2, -0.15) is 0 Å². The number of nitrogens with one attached hydrogen (secondary N) is 2. The summed E-state index contributed by atoms with van der Waals surface area (Å²) in [6.07, 6.45) is 2.46. The van der Waals surface area contributed by atoms with E-state index in [9.17, 15) is 4.79 Å². The van der Waals surface area contributed by atoms with Crippen molar-refractivity contribution in [2.45, 2.75) is 13.3 Å². The number of anilines is 1. The predicted molar refractivity (Wildman–Crippen MR) is 80.9 cm³/mol. The molecule has 4 nitrogen and oxygen atoms in total. The zero-order valence-corrected chi connectivity index (χ0v) is 11.6. The minimum atomic E-state index is -0.138. The molecule has 2 rings (SSSR count). The Morgan fingerprint density at radius 3 is 2.75 bits per heavy atom. The summed E-state index contributed by atoms with van der Waals surface area (Å²) in [5.74, 6) is -0.138. The largest absolute Gasteiger partial charge is 0.385 e. The second-order valence-corrected chi connectivity index (χ2v) is 4.45. The first-order valence-electron chi connectivity index (χ1n) is 6.81. The first-order chi connectivity index (χ1) is 9.79. The van der Waals surface area contributed by atoms with Gasteiger partial charge in [0, 0.05) is 25.0 Å². The maximum absolute atomic E-state index is 12.0. The third-order valence-electron chi connectivity index (χ3n) is 2.92. The van der Waals surface area contributed by atoms with Crippen LogP contribution in [0.1, 0.15) is 23.0 Å². The summed E-state index contributed by atoms with van der Waals surface area (Å²) >= 11 is 0. The lowest BCUT2D eigenvalue weighted by molar-refractivity contribution is 0.0949. The molecular formula is C16H19N3O. The molecule has 1 amide bonds. The quantitative estimate of drug-likeness (QED) is 0.847. The highest BCUT2D eigenvalue weighted by atomic mass is 16.1. The number of amides is 1. The number of carbonyl (C=O) groups is 1. The number of benzene rings is 1. The molecule has 1 heterocycles. The van der Waals surface area contributed by atoms with E-state index in [-0.39, 0.29) is 5.91 Å². The zero-order valence-electron chi connectivity index (χ0n) is 11.6. The van der Waals surface area contributed by atoms with Crippen LogP contribution in [0.3, 0.4) is 0 Å². The Labute approximate surface area is 119 Å². The Morgan fingerprint density at radius 1 is 1.20 bits per heavy atom. The molecule has 0 saturated heterocycles. The number of carbonyl (C=O) groups excluding carboxylic acids is 1. The van der Waals surface area contributed by atoms with Crippen molar-refractivity contribution < 1.29 is 4.79 Å². The van der Waals surface area contributed by atoms with Crippen LogP contribution in [-0.4, -0.2) is 24.0 Å². The van der Waals surface area contributed by atoms with E-state index in [1.807, 2.05) is 31.2 Å². The van der Waals surface area contributed by atoms with Crippen molar-refractivity contribution in [1.29, 1.82) is 0 Å². The van der Waals surface area contributed by atoms with Gasteiger partial charge in [0.15, 0.2) is 0 Å². The van der Waals surface area contributed by atoms with Crippen LogP contribution >= 0.6 is 0 Å². The third kappa shape index (κ3) is 4.09. The number of nitrogens with zero attached hydrogens (tertiary/aromatic N) is 1. The third-order valence-corrected chi connectivity index (χ3v) is 2.92. The molecule has 0 aliphatic carbocycles. The van der Waals surface area contributed by atoms with Crippen LogP contribution in [0.2, 0.25) is 0 Å². The molecular weight excluding hydrogens is 250 g/mol. The smallest absolute Gasteiger partial charge is 0.269 e. The average molecular weight is 269 g/mol. The normalized spacial score (nSPS) is 10.1. The van der Waals surface area contributed by atoms with Gasteiger partial charge in [0.2, 0.25) is 0 Å². The summed E-state index contributed by atoms with van der Waals surface area (Å²) in [4.78, 5) is 16.1. The summed E-state index contributed by atoms with van der Waals surface area (Å²) in [6, 6.07) is 13.7. The van der Waals surface area contributed by atoms with Gasteiger partial charge in [-0.15, -0.1) is 0 Å². The minimum absolute atomic E-state index is 0.138. The number of hydrogen-bond donors (Lipinski definition) is 2. The number of pyridine rings is 1. The molecule has 104 valence electrons. The Morgan fingerprint density at radius 2 is 2.00 bits per heavy atom. The summed E-state index contributed by atoms with van der Waals surface area (Å²) < 4.78 is 0. The molecule has 2 N–H and O–H groups in total. The highest BCUT2D eigenvalue weighted by Crippen LogP contribution is 2.07. The number of aromatic nitrogens is 1. The minimum Gasteiger partial charge on any atom is -0.385 e. The van der Waals surface area contributed by atoms with Gasteiger partial charge in [-0.3, -0.25) is 9.78 Å². The highest BCUT2D eigenvalue weighted by Gasteiger charge is 2.07. The van der Waals surface area contributed by atoms with Crippen molar-refractivity contribution in [2.24, 2.45) is 0 Å². The molecule has 0 saturated carbocycles. The lowest BCUT2D eigenvalue weighted by Crippen LogP contribution is -2.26. The van der Waals surface area contributed by atoms with Crippen LogP contribution in [0, 0.1) is 0 Å². The molecule has 0 bridgehead atoms. The molecule has 1 aromatic heterocycles. The van der Waals surface area contributed by atoms with E-state index in [4.69, 9.17) is 0 Å².